The Hall–Kier alpha value is -3.28. The molecule has 0 spiro atoms. The molecule has 5 nitrogen and oxygen atoms in total. The Bertz CT molecular complexity index is 1120. The van der Waals surface area contributed by atoms with Crippen LogP contribution in [0.15, 0.2) is 48.7 Å². The summed E-state index contributed by atoms with van der Waals surface area (Å²) in [5.74, 6) is 1.03. The van der Waals surface area contributed by atoms with Gasteiger partial charge in [-0.15, -0.1) is 0 Å². The standard InChI is InChI=1S/C20H18FN5/c1-12-5-4-6-14(9-12)18-24-19(16-11-22-26(3)20(16)25-18)23-15-7-8-17(21)13(2)10-15/h4-11H,1-3H3,(H,23,24,25). The van der Waals surface area contributed by atoms with Crippen molar-refractivity contribution in [2.75, 3.05) is 5.32 Å². The fourth-order valence-corrected chi connectivity index (χ4v) is 2.89. The number of hydrogen-bond acceptors (Lipinski definition) is 4. The predicted octanol–water partition coefficient (Wildman–Crippen LogP) is 4.53. The van der Waals surface area contributed by atoms with Crippen LogP contribution in [-0.2, 0) is 7.05 Å². The number of halogens is 1. The largest absolute Gasteiger partial charge is 0.339 e. The fourth-order valence-electron chi connectivity index (χ4n) is 2.89. The molecular formula is C20H18FN5. The number of hydrogen-bond donors (Lipinski definition) is 1. The van der Waals surface area contributed by atoms with E-state index < -0.39 is 0 Å². The zero-order chi connectivity index (χ0) is 18.3. The first-order valence-corrected chi connectivity index (χ1v) is 8.31. The maximum absolute atomic E-state index is 13.6. The number of benzene rings is 2. The quantitative estimate of drug-likeness (QED) is 0.591. The van der Waals surface area contributed by atoms with E-state index in [1.807, 2.05) is 38.2 Å². The van der Waals surface area contributed by atoms with Crippen molar-refractivity contribution in [3.63, 3.8) is 0 Å². The first-order chi connectivity index (χ1) is 12.5. The molecule has 0 amide bonds. The van der Waals surface area contributed by atoms with Gasteiger partial charge < -0.3 is 5.32 Å². The lowest BCUT2D eigenvalue weighted by molar-refractivity contribution is 0.619. The Balaban J connectivity index is 1.86. The van der Waals surface area contributed by atoms with Crippen molar-refractivity contribution >= 4 is 22.5 Å². The molecule has 4 rings (SSSR count). The SMILES string of the molecule is Cc1cccc(-c2nc(Nc3ccc(F)c(C)c3)c3cnn(C)c3n2)c1. The van der Waals surface area contributed by atoms with Gasteiger partial charge >= 0.3 is 0 Å². The fraction of sp³-hybridized carbons (Fsp3) is 0.150. The van der Waals surface area contributed by atoms with Crippen molar-refractivity contribution in [1.82, 2.24) is 19.7 Å². The van der Waals surface area contributed by atoms with Crippen LogP contribution >= 0.6 is 0 Å². The number of nitrogens with zero attached hydrogens (tertiary/aromatic N) is 4. The second-order valence-corrected chi connectivity index (χ2v) is 6.36. The van der Waals surface area contributed by atoms with Gasteiger partial charge in [0.25, 0.3) is 0 Å². The summed E-state index contributed by atoms with van der Waals surface area (Å²) in [6.45, 7) is 3.77. The topological polar surface area (TPSA) is 55.6 Å². The Morgan fingerprint density at radius 3 is 2.65 bits per heavy atom. The highest BCUT2D eigenvalue weighted by molar-refractivity contribution is 5.90. The Labute approximate surface area is 150 Å². The summed E-state index contributed by atoms with van der Waals surface area (Å²) in [5, 5.41) is 8.39. The molecule has 0 bridgehead atoms. The second-order valence-electron chi connectivity index (χ2n) is 6.36. The first-order valence-electron chi connectivity index (χ1n) is 8.31. The summed E-state index contributed by atoms with van der Waals surface area (Å²) in [7, 11) is 1.85. The summed E-state index contributed by atoms with van der Waals surface area (Å²) in [6, 6.07) is 12.9. The van der Waals surface area contributed by atoms with Crippen molar-refractivity contribution in [2.24, 2.45) is 7.05 Å². The summed E-state index contributed by atoms with van der Waals surface area (Å²) in [5.41, 5.74) is 4.15. The lowest BCUT2D eigenvalue weighted by atomic mass is 10.1. The number of aromatic nitrogens is 4. The van der Waals surface area contributed by atoms with Crippen LogP contribution in [-0.4, -0.2) is 19.7 Å². The van der Waals surface area contributed by atoms with Gasteiger partial charge in [0, 0.05) is 18.3 Å². The normalized spacial score (nSPS) is 11.1. The van der Waals surface area contributed by atoms with Gasteiger partial charge in [0.05, 0.1) is 11.6 Å². The van der Waals surface area contributed by atoms with Crippen molar-refractivity contribution in [3.05, 3.63) is 65.6 Å². The van der Waals surface area contributed by atoms with E-state index in [2.05, 4.69) is 15.4 Å². The molecule has 26 heavy (non-hydrogen) atoms. The van der Waals surface area contributed by atoms with E-state index in [0.717, 1.165) is 27.8 Å². The van der Waals surface area contributed by atoms with Gasteiger partial charge in [0.1, 0.15) is 11.6 Å². The third-order valence-corrected chi connectivity index (χ3v) is 4.29. The van der Waals surface area contributed by atoms with Gasteiger partial charge in [-0.25, -0.2) is 14.4 Å². The molecule has 0 saturated carbocycles. The second kappa shape index (κ2) is 6.22. The smallest absolute Gasteiger partial charge is 0.164 e. The summed E-state index contributed by atoms with van der Waals surface area (Å²) in [4.78, 5) is 9.37. The highest BCUT2D eigenvalue weighted by atomic mass is 19.1. The molecule has 2 aromatic carbocycles. The molecular weight excluding hydrogens is 329 g/mol. The Morgan fingerprint density at radius 2 is 1.88 bits per heavy atom. The van der Waals surface area contributed by atoms with Gasteiger partial charge in [0.15, 0.2) is 11.5 Å². The molecule has 6 heteroatoms. The average molecular weight is 347 g/mol. The summed E-state index contributed by atoms with van der Waals surface area (Å²) < 4.78 is 15.3. The van der Waals surface area contributed by atoms with Gasteiger partial charge in [-0.05, 0) is 43.7 Å². The highest BCUT2D eigenvalue weighted by Gasteiger charge is 2.13. The molecule has 0 radical (unpaired) electrons. The molecule has 0 aliphatic rings. The van der Waals surface area contributed by atoms with Gasteiger partial charge in [-0.3, -0.25) is 4.68 Å². The van der Waals surface area contributed by atoms with Gasteiger partial charge in [-0.2, -0.15) is 5.10 Å². The molecule has 0 aliphatic carbocycles. The minimum absolute atomic E-state index is 0.231. The molecule has 0 unspecified atom stereocenters. The number of nitrogens with one attached hydrogen (secondary N) is 1. The van der Waals surface area contributed by atoms with Crippen LogP contribution in [0.25, 0.3) is 22.4 Å². The molecule has 1 N–H and O–H groups in total. The summed E-state index contributed by atoms with van der Waals surface area (Å²) >= 11 is 0. The summed E-state index contributed by atoms with van der Waals surface area (Å²) in [6.07, 6.45) is 1.73. The molecule has 0 saturated heterocycles. The molecule has 2 heterocycles. The predicted molar refractivity (Wildman–Crippen MR) is 101 cm³/mol. The van der Waals surface area contributed by atoms with Crippen molar-refractivity contribution in [2.45, 2.75) is 13.8 Å². The lowest BCUT2D eigenvalue weighted by Crippen LogP contribution is -2.01. The van der Waals surface area contributed by atoms with Crippen LogP contribution < -0.4 is 5.32 Å². The van der Waals surface area contributed by atoms with Crippen LogP contribution in [0.4, 0.5) is 15.9 Å². The van der Waals surface area contributed by atoms with E-state index in [-0.39, 0.29) is 5.82 Å². The van der Waals surface area contributed by atoms with E-state index in [0.29, 0.717) is 17.2 Å². The molecule has 2 aromatic heterocycles. The van der Waals surface area contributed by atoms with E-state index in [4.69, 9.17) is 4.98 Å². The molecule has 130 valence electrons. The molecule has 0 fully saturated rings. The van der Waals surface area contributed by atoms with Crippen LogP contribution in [0.5, 0.6) is 0 Å². The van der Waals surface area contributed by atoms with Crippen molar-refractivity contribution in [1.29, 1.82) is 0 Å². The van der Waals surface area contributed by atoms with Crippen LogP contribution in [0.1, 0.15) is 11.1 Å². The third kappa shape index (κ3) is 2.90. The Morgan fingerprint density at radius 1 is 1.04 bits per heavy atom. The van der Waals surface area contributed by atoms with E-state index in [1.165, 1.54) is 6.07 Å². The van der Waals surface area contributed by atoms with Gasteiger partial charge in [0.2, 0.25) is 0 Å². The monoisotopic (exact) mass is 347 g/mol. The minimum Gasteiger partial charge on any atom is -0.339 e. The number of rotatable bonds is 3. The van der Waals surface area contributed by atoms with Gasteiger partial charge in [-0.1, -0.05) is 23.8 Å². The highest BCUT2D eigenvalue weighted by Crippen LogP contribution is 2.28. The van der Waals surface area contributed by atoms with Crippen molar-refractivity contribution < 1.29 is 4.39 Å². The zero-order valence-corrected chi connectivity index (χ0v) is 14.8. The van der Waals surface area contributed by atoms with E-state index in [9.17, 15) is 4.39 Å². The first kappa shape index (κ1) is 16.2. The van der Waals surface area contributed by atoms with Crippen LogP contribution in [0.3, 0.4) is 0 Å². The average Bonchev–Trinajstić information content (AvgIpc) is 3.00. The number of fused-ring (bicyclic) bond motifs is 1. The maximum Gasteiger partial charge on any atom is 0.164 e. The lowest BCUT2D eigenvalue weighted by Gasteiger charge is -2.10. The molecule has 0 aliphatic heterocycles. The number of aryl methyl sites for hydroxylation is 3. The minimum atomic E-state index is -0.231. The van der Waals surface area contributed by atoms with Crippen LogP contribution in [0.2, 0.25) is 0 Å². The van der Waals surface area contributed by atoms with Crippen molar-refractivity contribution in [3.8, 4) is 11.4 Å². The van der Waals surface area contributed by atoms with E-state index >= 15 is 0 Å². The molecule has 0 atom stereocenters. The third-order valence-electron chi connectivity index (χ3n) is 4.29. The van der Waals surface area contributed by atoms with E-state index in [1.54, 1.807) is 29.9 Å². The number of anilines is 2. The van der Waals surface area contributed by atoms with Crippen LogP contribution in [0, 0.1) is 19.7 Å². The Kier molecular flexibility index (Phi) is 3.88. The molecule has 4 aromatic rings. The maximum atomic E-state index is 13.6. The zero-order valence-electron chi connectivity index (χ0n) is 14.8.